The van der Waals surface area contributed by atoms with Crippen molar-refractivity contribution in [1.29, 1.82) is 5.41 Å². The number of nitrogens with zero attached hydrogens (tertiary/aromatic N) is 1. The van der Waals surface area contributed by atoms with E-state index in [1.807, 2.05) is 0 Å². The number of anilines is 1. The molecule has 4 rings (SSSR count). The molecular weight excluding hydrogens is 431 g/mol. The summed E-state index contributed by atoms with van der Waals surface area (Å²) in [6, 6.07) is 18.3. The molecule has 0 aliphatic rings. The van der Waals surface area contributed by atoms with Crippen LogP contribution in [0.5, 0.6) is 0 Å². The van der Waals surface area contributed by atoms with Gasteiger partial charge in [0.2, 0.25) is 5.60 Å². The van der Waals surface area contributed by atoms with Crippen molar-refractivity contribution in [3.05, 3.63) is 101 Å². The van der Waals surface area contributed by atoms with Crippen LogP contribution in [-0.2, 0) is 12.6 Å². The Kier molecular flexibility index (Phi) is 5.55. The molecule has 0 bridgehead atoms. The van der Waals surface area contributed by atoms with E-state index in [2.05, 4.69) is 5.32 Å². The molecule has 4 aromatic rings. The average Bonchev–Trinajstić information content (AvgIpc) is 3.15. The number of aliphatic hydroxyl groups is 1. The summed E-state index contributed by atoms with van der Waals surface area (Å²) in [6.45, 7) is 0. The van der Waals surface area contributed by atoms with Crippen molar-refractivity contribution < 1.29 is 23.1 Å². The molecule has 1 unspecified atom stereocenters. The number of para-hydroxylation sites is 1. The molecule has 0 fully saturated rings. The third kappa shape index (κ3) is 3.78. The number of amides is 1. The fourth-order valence-corrected chi connectivity index (χ4v) is 3.91. The molecule has 0 saturated heterocycles. The van der Waals surface area contributed by atoms with Crippen LogP contribution in [0.3, 0.4) is 0 Å². The molecule has 1 amide bonds. The van der Waals surface area contributed by atoms with Crippen molar-refractivity contribution in [2.75, 3.05) is 5.32 Å². The van der Waals surface area contributed by atoms with Gasteiger partial charge in [0.1, 0.15) is 0 Å². The largest absolute Gasteiger partial charge is 0.425 e. The number of carbonyl (C=O) groups is 1. The number of aromatic nitrogens is 1. The monoisotopic (exact) mass is 451 g/mol. The molecule has 3 N–H and O–H groups in total. The standard InChI is InChI=1S/C25H20F3N3O2/c1-31-15-20(19-9-5-6-10-22(19)31)24(33,25(26,27)28)18-11-12-21(17(13-18)14-29)30-23(32)16-7-3-2-4-8-16/h2-15,29,33H,1H3,(H,30,32). The Hall–Kier alpha value is -3.91. The molecule has 0 aliphatic carbocycles. The van der Waals surface area contributed by atoms with E-state index in [1.165, 1.54) is 22.9 Å². The number of carbonyl (C=O) groups excluding carboxylic acids is 1. The molecule has 1 atom stereocenters. The highest BCUT2D eigenvalue weighted by atomic mass is 19.4. The first kappa shape index (κ1) is 22.3. The summed E-state index contributed by atoms with van der Waals surface area (Å²) in [5.74, 6) is -0.466. The Balaban J connectivity index is 1.82. The van der Waals surface area contributed by atoms with Crippen LogP contribution in [0.25, 0.3) is 10.9 Å². The molecule has 5 nitrogen and oxygen atoms in total. The van der Waals surface area contributed by atoms with Gasteiger partial charge in [0.25, 0.3) is 5.91 Å². The zero-order valence-electron chi connectivity index (χ0n) is 17.5. The lowest BCUT2D eigenvalue weighted by Crippen LogP contribution is -2.43. The first-order chi connectivity index (χ1) is 15.7. The molecule has 0 spiro atoms. The molecule has 33 heavy (non-hydrogen) atoms. The van der Waals surface area contributed by atoms with Crippen molar-refractivity contribution in [2.45, 2.75) is 11.8 Å². The Labute approximate surface area is 187 Å². The average molecular weight is 451 g/mol. The molecule has 0 aliphatic heterocycles. The van der Waals surface area contributed by atoms with Crippen LogP contribution in [0.4, 0.5) is 18.9 Å². The minimum absolute atomic E-state index is 0.0275. The van der Waals surface area contributed by atoms with Gasteiger partial charge in [0.05, 0.1) is 0 Å². The van der Waals surface area contributed by atoms with Gasteiger partial charge in [-0.15, -0.1) is 0 Å². The van der Waals surface area contributed by atoms with Crippen molar-refractivity contribution in [3.8, 4) is 0 Å². The number of rotatable bonds is 5. The van der Waals surface area contributed by atoms with Gasteiger partial charge in [0.15, 0.2) is 0 Å². The molecule has 1 heterocycles. The maximum atomic E-state index is 14.4. The van der Waals surface area contributed by atoms with E-state index >= 15 is 0 Å². The third-order valence-electron chi connectivity index (χ3n) is 5.61. The second-order valence-electron chi connectivity index (χ2n) is 7.65. The maximum absolute atomic E-state index is 14.4. The van der Waals surface area contributed by atoms with Gasteiger partial charge in [-0.05, 0) is 35.9 Å². The fraction of sp³-hybridized carbons (Fsp3) is 0.120. The van der Waals surface area contributed by atoms with E-state index < -0.39 is 23.2 Å². The number of halogens is 3. The van der Waals surface area contributed by atoms with Gasteiger partial charge in [-0.25, -0.2) is 0 Å². The van der Waals surface area contributed by atoms with Gasteiger partial charge in [-0.1, -0.05) is 42.5 Å². The molecule has 3 aromatic carbocycles. The fourth-order valence-electron chi connectivity index (χ4n) is 3.91. The van der Waals surface area contributed by atoms with Crippen molar-refractivity contribution in [1.82, 2.24) is 4.57 Å². The first-order valence-electron chi connectivity index (χ1n) is 10.0. The van der Waals surface area contributed by atoms with E-state index in [1.54, 1.807) is 55.6 Å². The topological polar surface area (TPSA) is 78.1 Å². The number of nitrogens with one attached hydrogen (secondary N) is 2. The van der Waals surface area contributed by atoms with Crippen LogP contribution in [0.1, 0.15) is 27.0 Å². The number of aryl methyl sites for hydroxylation is 1. The quantitative estimate of drug-likeness (QED) is 0.364. The number of hydrogen-bond donors (Lipinski definition) is 3. The highest BCUT2D eigenvalue weighted by molar-refractivity contribution is 6.06. The maximum Gasteiger partial charge on any atom is 0.425 e. The van der Waals surface area contributed by atoms with Gasteiger partial charge in [-0.2, -0.15) is 13.2 Å². The lowest BCUT2D eigenvalue weighted by molar-refractivity contribution is -0.247. The Morgan fingerprint density at radius 1 is 1.03 bits per heavy atom. The number of benzene rings is 3. The molecule has 0 radical (unpaired) electrons. The minimum atomic E-state index is -5.05. The SMILES string of the molecule is Cn1cc(C(O)(c2ccc(NC(=O)c3ccccc3)c(C=N)c2)C(F)(F)F)c2ccccc21. The highest BCUT2D eigenvalue weighted by Crippen LogP contribution is 2.47. The van der Waals surface area contributed by atoms with Crippen molar-refractivity contribution >= 4 is 28.7 Å². The first-order valence-corrected chi connectivity index (χ1v) is 10.0. The molecule has 0 saturated carbocycles. The minimum Gasteiger partial charge on any atom is -0.372 e. The van der Waals surface area contributed by atoms with Gasteiger partial charge < -0.3 is 20.4 Å². The zero-order valence-corrected chi connectivity index (χ0v) is 17.5. The van der Waals surface area contributed by atoms with E-state index in [4.69, 9.17) is 5.41 Å². The van der Waals surface area contributed by atoms with E-state index in [0.29, 0.717) is 11.1 Å². The Morgan fingerprint density at radius 3 is 2.36 bits per heavy atom. The van der Waals surface area contributed by atoms with Crippen molar-refractivity contribution in [2.24, 2.45) is 7.05 Å². The predicted octanol–water partition coefficient (Wildman–Crippen LogP) is 5.23. The van der Waals surface area contributed by atoms with Crippen molar-refractivity contribution in [3.63, 3.8) is 0 Å². The second-order valence-corrected chi connectivity index (χ2v) is 7.65. The summed E-state index contributed by atoms with van der Waals surface area (Å²) < 4.78 is 44.7. The summed E-state index contributed by atoms with van der Waals surface area (Å²) in [7, 11) is 1.61. The molecule has 168 valence electrons. The van der Waals surface area contributed by atoms with Gasteiger partial charge in [0, 0.05) is 52.7 Å². The Morgan fingerprint density at radius 2 is 1.70 bits per heavy atom. The summed E-state index contributed by atoms with van der Waals surface area (Å²) >= 11 is 0. The Bertz CT molecular complexity index is 1350. The molecule has 8 heteroatoms. The predicted molar refractivity (Wildman–Crippen MR) is 121 cm³/mol. The molecular formula is C25H20F3N3O2. The summed E-state index contributed by atoms with van der Waals surface area (Å²) in [6.07, 6.45) is -2.96. The number of fused-ring (bicyclic) bond motifs is 1. The lowest BCUT2D eigenvalue weighted by Gasteiger charge is -2.31. The van der Waals surface area contributed by atoms with E-state index in [9.17, 15) is 23.1 Å². The summed E-state index contributed by atoms with van der Waals surface area (Å²) in [4.78, 5) is 12.5. The number of hydrogen-bond acceptors (Lipinski definition) is 3. The van der Waals surface area contributed by atoms with Gasteiger partial charge >= 0.3 is 6.18 Å². The summed E-state index contributed by atoms with van der Waals surface area (Å²) in [5, 5.41) is 21.7. The number of alkyl halides is 3. The van der Waals surface area contributed by atoms with Crippen LogP contribution in [0.15, 0.2) is 79.0 Å². The second kappa shape index (κ2) is 8.22. The summed E-state index contributed by atoms with van der Waals surface area (Å²) in [5.41, 5.74) is -3.01. The van der Waals surface area contributed by atoms with E-state index in [0.717, 1.165) is 18.3 Å². The normalized spacial score (nSPS) is 13.5. The van der Waals surface area contributed by atoms with Crippen LogP contribution in [0, 0.1) is 5.41 Å². The highest BCUT2D eigenvalue weighted by Gasteiger charge is 2.57. The lowest BCUT2D eigenvalue weighted by atomic mass is 9.84. The van der Waals surface area contributed by atoms with Crippen LogP contribution < -0.4 is 5.32 Å². The van der Waals surface area contributed by atoms with Crippen LogP contribution in [0.2, 0.25) is 0 Å². The van der Waals surface area contributed by atoms with Crippen LogP contribution in [-0.4, -0.2) is 28.0 Å². The third-order valence-corrected chi connectivity index (χ3v) is 5.61. The van der Waals surface area contributed by atoms with E-state index in [-0.39, 0.29) is 22.2 Å². The van der Waals surface area contributed by atoms with Crippen LogP contribution >= 0.6 is 0 Å². The molecule has 1 aromatic heterocycles. The smallest absolute Gasteiger partial charge is 0.372 e. The van der Waals surface area contributed by atoms with Gasteiger partial charge in [-0.3, -0.25) is 4.79 Å². The zero-order chi connectivity index (χ0) is 23.8.